The molecule has 2 N–H and O–H groups in total. The van der Waals surface area contributed by atoms with Crippen LogP contribution in [0.15, 0.2) is 18.2 Å². The van der Waals surface area contributed by atoms with E-state index in [2.05, 4.69) is 30.0 Å². The second kappa shape index (κ2) is 4.83. The molecule has 1 heterocycles. The largest absolute Gasteiger partial charge is 0.398 e. The fraction of sp³-hybridized carbons (Fsp3) is 0.625. The van der Waals surface area contributed by atoms with Crippen molar-refractivity contribution in [1.29, 1.82) is 0 Å². The highest BCUT2D eigenvalue weighted by Gasteiger charge is 2.33. The van der Waals surface area contributed by atoms with Gasteiger partial charge in [0.05, 0.1) is 0 Å². The van der Waals surface area contributed by atoms with Gasteiger partial charge in [0.2, 0.25) is 0 Å². The van der Waals surface area contributed by atoms with Crippen LogP contribution in [0, 0.1) is 12.8 Å². The molecule has 1 unspecified atom stereocenters. The number of aryl methyl sites for hydroxylation is 1. The van der Waals surface area contributed by atoms with Gasteiger partial charge >= 0.3 is 0 Å². The van der Waals surface area contributed by atoms with Gasteiger partial charge in [-0.05, 0) is 56.2 Å². The quantitative estimate of drug-likeness (QED) is 0.803. The van der Waals surface area contributed by atoms with Crippen LogP contribution in [-0.4, -0.2) is 12.6 Å². The van der Waals surface area contributed by atoms with Gasteiger partial charge in [-0.25, -0.2) is 0 Å². The third kappa shape index (κ3) is 2.09. The molecule has 0 aromatic heterocycles. The molecule has 0 radical (unpaired) electrons. The molecule has 2 heteroatoms. The lowest BCUT2D eigenvalue weighted by atomic mass is 9.95. The number of nitrogens with two attached hydrogens (primary N) is 1. The Hall–Kier alpha value is -1.18. The first-order chi connectivity index (χ1) is 8.75. The molecule has 3 rings (SSSR count). The SMILES string of the molecule is Cc1ccc(N2CCCC2C2CCCC2)cc1N. The molecule has 18 heavy (non-hydrogen) atoms. The molecule has 0 amide bonds. The first kappa shape index (κ1) is 11.9. The summed E-state index contributed by atoms with van der Waals surface area (Å²) in [6.07, 6.45) is 8.45. The highest BCUT2D eigenvalue weighted by Crippen LogP contribution is 2.38. The second-order valence-electron chi connectivity index (χ2n) is 5.99. The summed E-state index contributed by atoms with van der Waals surface area (Å²) in [7, 11) is 0. The number of hydrogen-bond donors (Lipinski definition) is 1. The monoisotopic (exact) mass is 244 g/mol. The van der Waals surface area contributed by atoms with E-state index in [1.807, 2.05) is 0 Å². The minimum atomic E-state index is 0.773. The summed E-state index contributed by atoms with van der Waals surface area (Å²) in [5.41, 5.74) is 9.53. The van der Waals surface area contributed by atoms with Gasteiger partial charge in [-0.3, -0.25) is 0 Å². The smallest absolute Gasteiger partial charge is 0.0389 e. The second-order valence-corrected chi connectivity index (χ2v) is 5.99. The van der Waals surface area contributed by atoms with Crippen molar-refractivity contribution in [3.05, 3.63) is 23.8 Å². The Morgan fingerprint density at radius 2 is 1.89 bits per heavy atom. The molecule has 2 fully saturated rings. The van der Waals surface area contributed by atoms with Gasteiger partial charge in [-0.1, -0.05) is 18.9 Å². The van der Waals surface area contributed by atoms with E-state index in [0.29, 0.717) is 0 Å². The van der Waals surface area contributed by atoms with Crippen molar-refractivity contribution in [2.24, 2.45) is 5.92 Å². The summed E-state index contributed by atoms with van der Waals surface area (Å²) in [4.78, 5) is 2.62. The number of anilines is 2. The maximum atomic E-state index is 6.06. The maximum Gasteiger partial charge on any atom is 0.0389 e. The zero-order valence-electron chi connectivity index (χ0n) is 11.4. The van der Waals surface area contributed by atoms with E-state index in [0.717, 1.165) is 17.6 Å². The Balaban J connectivity index is 1.82. The van der Waals surface area contributed by atoms with E-state index < -0.39 is 0 Å². The van der Waals surface area contributed by atoms with Crippen LogP contribution in [0.2, 0.25) is 0 Å². The molecule has 1 aliphatic carbocycles. The van der Waals surface area contributed by atoms with Gasteiger partial charge in [-0.2, -0.15) is 0 Å². The molecule has 1 aliphatic heterocycles. The van der Waals surface area contributed by atoms with Gasteiger partial charge in [0.1, 0.15) is 0 Å². The van der Waals surface area contributed by atoms with Crippen molar-refractivity contribution in [1.82, 2.24) is 0 Å². The number of nitrogen functional groups attached to an aromatic ring is 1. The van der Waals surface area contributed by atoms with E-state index in [1.165, 1.54) is 56.3 Å². The van der Waals surface area contributed by atoms with Crippen LogP contribution < -0.4 is 10.6 Å². The first-order valence-electron chi connectivity index (χ1n) is 7.38. The lowest BCUT2D eigenvalue weighted by Crippen LogP contribution is -2.34. The molecule has 1 aromatic carbocycles. The van der Waals surface area contributed by atoms with Crippen molar-refractivity contribution in [2.45, 2.75) is 51.5 Å². The number of rotatable bonds is 2. The standard InChI is InChI=1S/C16H24N2/c1-12-8-9-14(11-15(12)17)18-10-4-7-16(18)13-5-2-3-6-13/h8-9,11,13,16H,2-7,10,17H2,1H3. The van der Waals surface area contributed by atoms with Gasteiger partial charge in [0.25, 0.3) is 0 Å². The molecular formula is C16H24N2. The molecule has 0 bridgehead atoms. The van der Waals surface area contributed by atoms with E-state index in [4.69, 9.17) is 5.73 Å². The maximum absolute atomic E-state index is 6.06. The Kier molecular flexibility index (Phi) is 3.19. The van der Waals surface area contributed by atoms with Crippen molar-refractivity contribution in [3.8, 4) is 0 Å². The molecule has 2 nitrogen and oxygen atoms in total. The Labute approximate surface area is 110 Å². The van der Waals surface area contributed by atoms with Crippen LogP contribution in [0.3, 0.4) is 0 Å². The fourth-order valence-corrected chi connectivity index (χ4v) is 3.75. The van der Waals surface area contributed by atoms with Crippen LogP contribution in [0.5, 0.6) is 0 Å². The highest BCUT2D eigenvalue weighted by atomic mass is 15.2. The zero-order chi connectivity index (χ0) is 12.5. The van der Waals surface area contributed by atoms with E-state index in [9.17, 15) is 0 Å². The van der Waals surface area contributed by atoms with Gasteiger partial charge < -0.3 is 10.6 Å². The summed E-state index contributed by atoms with van der Waals surface area (Å²) >= 11 is 0. The summed E-state index contributed by atoms with van der Waals surface area (Å²) in [6.45, 7) is 3.29. The topological polar surface area (TPSA) is 29.3 Å². The van der Waals surface area contributed by atoms with Crippen LogP contribution in [0.4, 0.5) is 11.4 Å². The lowest BCUT2D eigenvalue weighted by Gasteiger charge is -2.31. The summed E-state index contributed by atoms with van der Waals surface area (Å²) < 4.78 is 0. The molecule has 98 valence electrons. The van der Waals surface area contributed by atoms with Crippen LogP contribution in [0.1, 0.15) is 44.1 Å². The van der Waals surface area contributed by atoms with Gasteiger partial charge in [-0.15, -0.1) is 0 Å². The van der Waals surface area contributed by atoms with Crippen molar-refractivity contribution in [2.75, 3.05) is 17.2 Å². The average Bonchev–Trinajstić information content (AvgIpc) is 3.00. The molecule has 1 saturated carbocycles. The Morgan fingerprint density at radius 3 is 2.61 bits per heavy atom. The van der Waals surface area contributed by atoms with Crippen molar-refractivity contribution < 1.29 is 0 Å². The lowest BCUT2D eigenvalue weighted by molar-refractivity contribution is 0.431. The molecule has 1 atom stereocenters. The third-order valence-electron chi connectivity index (χ3n) is 4.84. The van der Waals surface area contributed by atoms with Crippen LogP contribution in [0.25, 0.3) is 0 Å². The van der Waals surface area contributed by atoms with E-state index in [-0.39, 0.29) is 0 Å². The molecule has 1 aromatic rings. The molecule has 2 aliphatic rings. The predicted molar refractivity (Wildman–Crippen MR) is 77.9 cm³/mol. The zero-order valence-corrected chi connectivity index (χ0v) is 11.4. The predicted octanol–water partition coefficient (Wildman–Crippen LogP) is 3.74. The minimum absolute atomic E-state index is 0.773. The number of nitrogens with zero attached hydrogens (tertiary/aromatic N) is 1. The van der Waals surface area contributed by atoms with Crippen molar-refractivity contribution >= 4 is 11.4 Å². The summed E-state index contributed by atoms with van der Waals surface area (Å²) in [6, 6.07) is 7.35. The van der Waals surface area contributed by atoms with Gasteiger partial charge in [0.15, 0.2) is 0 Å². The minimum Gasteiger partial charge on any atom is -0.398 e. The third-order valence-corrected chi connectivity index (χ3v) is 4.84. The van der Waals surface area contributed by atoms with Gasteiger partial charge in [0, 0.05) is 24.0 Å². The summed E-state index contributed by atoms with van der Waals surface area (Å²) in [5.74, 6) is 0.926. The summed E-state index contributed by atoms with van der Waals surface area (Å²) in [5, 5.41) is 0. The van der Waals surface area contributed by atoms with Crippen LogP contribution in [-0.2, 0) is 0 Å². The first-order valence-corrected chi connectivity index (χ1v) is 7.38. The van der Waals surface area contributed by atoms with Crippen LogP contribution >= 0.6 is 0 Å². The normalized spacial score (nSPS) is 24.9. The Morgan fingerprint density at radius 1 is 1.11 bits per heavy atom. The number of benzene rings is 1. The fourth-order valence-electron chi connectivity index (χ4n) is 3.75. The highest BCUT2D eigenvalue weighted by molar-refractivity contribution is 5.60. The molecule has 0 spiro atoms. The molecule has 1 saturated heterocycles. The van der Waals surface area contributed by atoms with E-state index in [1.54, 1.807) is 0 Å². The Bertz CT molecular complexity index is 421. The number of hydrogen-bond acceptors (Lipinski definition) is 2. The van der Waals surface area contributed by atoms with Crippen molar-refractivity contribution in [3.63, 3.8) is 0 Å². The molecular weight excluding hydrogens is 220 g/mol. The average molecular weight is 244 g/mol. The van der Waals surface area contributed by atoms with E-state index >= 15 is 0 Å².